The van der Waals surface area contributed by atoms with E-state index < -0.39 is 0 Å². The number of nitrogens with zero attached hydrogens (tertiary/aromatic N) is 2. The molecular weight excluding hydrogens is 641 g/mol. The van der Waals surface area contributed by atoms with Crippen molar-refractivity contribution in [2.45, 2.75) is 25.2 Å². The van der Waals surface area contributed by atoms with Crippen LogP contribution in [0.3, 0.4) is 0 Å². The average molecular weight is 681 g/mol. The van der Waals surface area contributed by atoms with Crippen LogP contribution in [0.1, 0.15) is 39.3 Å². The van der Waals surface area contributed by atoms with Gasteiger partial charge in [-0.1, -0.05) is 127 Å². The summed E-state index contributed by atoms with van der Waals surface area (Å²) in [6, 6.07) is 64.9. The minimum atomic E-state index is -0.386. The molecule has 254 valence electrons. The molecule has 2 nitrogen and oxygen atoms in total. The highest BCUT2D eigenvalue weighted by atomic mass is 15.2. The highest BCUT2D eigenvalue weighted by molar-refractivity contribution is 5.88. The second-order valence-corrected chi connectivity index (χ2v) is 14.7. The van der Waals surface area contributed by atoms with Gasteiger partial charge in [0.25, 0.3) is 0 Å². The van der Waals surface area contributed by atoms with Crippen molar-refractivity contribution in [1.29, 1.82) is 0 Å². The van der Waals surface area contributed by atoms with Crippen molar-refractivity contribution in [3.8, 4) is 11.1 Å². The summed E-state index contributed by atoms with van der Waals surface area (Å²) in [6.45, 7) is 4.35. The maximum Gasteiger partial charge on any atom is 0.0539 e. The Morgan fingerprint density at radius 2 is 0.943 bits per heavy atom. The summed E-state index contributed by atoms with van der Waals surface area (Å²) in [5, 5.41) is 0. The number of fused-ring (bicyclic) bond motifs is 10. The lowest BCUT2D eigenvalue weighted by atomic mass is 9.65. The lowest BCUT2D eigenvalue weighted by molar-refractivity contribution is 0.462. The van der Waals surface area contributed by atoms with Gasteiger partial charge in [-0.2, -0.15) is 0 Å². The maximum absolute atomic E-state index is 2.59. The highest BCUT2D eigenvalue weighted by Gasteiger charge is 2.57. The quantitative estimate of drug-likeness (QED) is 0.172. The third kappa shape index (κ3) is 4.86. The van der Waals surface area contributed by atoms with Gasteiger partial charge in [0.2, 0.25) is 0 Å². The van der Waals surface area contributed by atoms with Gasteiger partial charge >= 0.3 is 0 Å². The summed E-state index contributed by atoms with van der Waals surface area (Å²) in [7, 11) is 0. The average Bonchev–Trinajstić information content (AvgIpc) is 3.66. The van der Waals surface area contributed by atoms with Gasteiger partial charge in [-0.25, -0.2) is 0 Å². The molecule has 0 amide bonds. The zero-order chi connectivity index (χ0) is 35.5. The van der Waals surface area contributed by atoms with E-state index in [-0.39, 0.29) is 17.3 Å². The van der Waals surface area contributed by atoms with Gasteiger partial charge in [0.1, 0.15) is 0 Å². The first-order valence-corrected chi connectivity index (χ1v) is 18.7. The second-order valence-electron chi connectivity index (χ2n) is 14.7. The van der Waals surface area contributed by atoms with E-state index in [2.05, 4.69) is 218 Å². The number of hydrogen-bond acceptors (Lipinski definition) is 2. The van der Waals surface area contributed by atoms with E-state index in [0.29, 0.717) is 0 Å². The molecule has 1 spiro atoms. The molecule has 10 rings (SSSR count). The van der Waals surface area contributed by atoms with Crippen molar-refractivity contribution in [3.05, 3.63) is 233 Å². The van der Waals surface area contributed by atoms with Gasteiger partial charge in [-0.15, -0.1) is 0 Å². The first kappa shape index (κ1) is 31.4. The summed E-state index contributed by atoms with van der Waals surface area (Å²) in [4.78, 5) is 4.85. The Morgan fingerprint density at radius 3 is 1.55 bits per heavy atom. The Morgan fingerprint density at radius 1 is 0.434 bits per heavy atom. The van der Waals surface area contributed by atoms with E-state index in [1.165, 1.54) is 61.6 Å². The number of hydrogen-bond donors (Lipinski definition) is 0. The molecule has 2 unspecified atom stereocenters. The summed E-state index contributed by atoms with van der Waals surface area (Å²) < 4.78 is 0. The van der Waals surface area contributed by atoms with Crippen molar-refractivity contribution >= 4 is 28.4 Å². The fourth-order valence-corrected chi connectivity index (χ4v) is 9.50. The van der Waals surface area contributed by atoms with Crippen LogP contribution in [-0.4, -0.2) is 0 Å². The Kier molecular flexibility index (Phi) is 7.33. The molecule has 53 heavy (non-hydrogen) atoms. The molecule has 2 heteroatoms. The first-order chi connectivity index (χ1) is 26.1. The van der Waals surface area contributed by atoms with Gasteiger partial charge in [0.15, 0.2) is 0 Å². The van der Waals surface area contributed by atoms with Gasteiger partial charge in [-0.3, -0.25) is 0 Å². The summed E-state index contributed by atoms with van der Waals surface area (Å²) >= 11 is 0. The number of benzene rings is 7. The summed E-state index contributed by atoms with van der Waals surface area (Å²) in [6.07, 6.45) is 7.44. The number of rotatable bonds is 6. The summed E-state index contributed by atoms with van der Waals surface area (Å²) in [5.74, 6) is 0.360. The van der Waals surface area contributed by atoms with Crippen LogP contribution >= 0.6 is 0 Å². The van der Waals surface area contributed by atoms with Crippen molar-refractivity contribution in [2.24, 2.45) is 5.92 Å². The lowest BCUT2D eigenvalue weighted by Gasteiger charge is -2.38. The number of aryl methyl sites for hydroxylation is 2. The first-order valence-electron chi connectivity index (χ1n) is 18.7. The van der Waals surface area contributed by atoms with Gasteiger partial charge in [-0.05, 0) is 125 Å². The van der Waals surface area contributed by atoms with E-state index in [0.717, 1.165) is 17.1 Å². The third-order valence-electron chi connectivity index (χ3n) is 11.6. The van der Waals surface area contributed by atoms with Crippen LogP contribution < -0.4 is 9.80 Å². The summed E-state index contributed by atoms with van der Waals surface area (Å²) in [5.41, 5.74) is 17.3. The maximum atomic E-state index is 2.59. The Labute approximate surface area is 312 Å². The molecule has 0 heterocycles. The molecule has 3 aliphatic carbocycles. The zero-order valence-corrected chi connectivity index (χ0v) is 30.0. The molecule has 0 fully saturated rings. The second kappa shape index (κ2) is 12.4. The molecule has 0 radical (unpaired) electrons. The molecule has 7 aromatic carbocycles. The van der Waals surface area contributed by atoms with Gasteiger partial charge in [0.05, 0.1) is 5.41 Å². The molecule has 0 N–H and O–H groups in total. The molecule has 2 atom stereocenters. The fraction of sp³-hybridized carbons (Fsp3) is 0.0980. The van der Waals surface area contributed by atoms with Crippen LogP contribution in [0.15, 0.2) is 200 Å². The van der Waals surface area contributed by atoms with E-state index in [1.807, 2.05) is 0 Å². The van der Waals surface area contributed by atoms with Crippen molar-refractivity contribution in [3.63, 3.8) is 0 Å². The third-order valence-corrected chi connectivity index (χ3v) is 11.6. The van der Waals surface area contributed by atoms with E-state index >= 15 is 0 Å². The van der Waals surface area contributed by atoms with Crippen molar-refractivity contribution < 1.29 is 0 Å². The van der Waals surface area contributed by atoms with E-state index in [1.54, 1.807) is 0 Å². The van der Waals surface area contributed by atoms with Crippen LogP contribution in [0.25, 0.3) is 11.1 Å². The normalized spacial score (nSPS) is 17.1. The van der Waals surface area contributed by atoms with E-state index in [9.17, 15) is 0 Å². The molecule has 0 aromatic heterocycles. The SMILES string of the molecule is Cc1cccc(N(C2=CC3C(C=C2)c2ccc(N(c4ccccc4)c4cccc(C)c4)cc2C32c3ccccc3-c3ccccc32)c2ccccc2)c1. The predicted octanol–water partition coefficient (Wildman–Crippen LogP) is 13.1. The monoisotopic (exact) mass is 680 g/mol. The van der Waals surface area contributed by atoms with Gasteiger partial charge < -0.3 is 9.80 Å². The molecule has 0 saturated carbocycles. The van der Waals surface area contributed by atoms with E-state index in [4.69, 9.17) is 0 Å². The van der Waals surface area contributed by atoms with Crippen LogP contribution in [0.5, 0.6) is 0 Å². The standard InChI is InChI=1S/C51H40N2/c1-35-15-13-21-39(31-35)52(37-17-5-3-6-18-37)41-27-29-45-46-30-28-42(53(38-19-7-4-8-20-38)40-22-14-16-36(2)32-40)34-50(46)51(49(45)33-41)47-25-11-9-23-43(47)44-24-10-12-26-48(44)51/h3-34,45,49H,1-2H3. The van der Waals surface area contributed by atoms with Gasteiger partial charge in [0, 0.05) is 46.0 Å². The fourth-order valence-electron chi connectivity index (χ4n) is 9.50. The zero-order valence-electron chi connectivity index (χ0n) is 30.0. The van der Waals surface area contributed by atoms with Crippen molar-refractivity contribution in [1.82, 2.24) is 0 Å². The molecule has 3 aliphatic rings. The molecule has 0 aliphatic heterocycles. The van der Waals surface area contributed by atoms with Crippen LogP contribution in [0, 0.1) is 19.8 Å². The Bertz CT molecular complexity index is 2520. The van der Waals surface area contributed by atoms with Crippen LogP contribution in [0.4, 0.5) is 28.4 Å². The largest absolute Gasteiger partial charge is 0.311 e. The van der Waals surface area contributed by atoms with Crippen LogP contribution in [0.2, 0.25) is 0 Å². The number of para-hydroxylation sites is 2. The Hall–Kier alpha value is -6.38. The lowest BCUT2D eigenvalue weighted by Crippen LogP contribution is -2.34. The minimum Gasteiger partial charge on any atom is -0.311 e. The smallest absolute Gasteiger partial charge is 0.0539 e. The topological polar surface area (TPSA) is 6.48 Å². The molecule has 7 aromatic rings. The van der Waals surface area contributed by atoms with Crippen molar-refractivity contribution in [2.75, 3.05) is 9.80 Å². The molecule has 0 bridgehead atoms. The Balaban J connectivity index is 1.23. The molecular formula is C51H40N2. The molecule has 0 saturated heterocycles. The predicted molar refractivity (Wildman–Crippen MR) is 221 cm³/mol. The number of anilines is 5. The number of allylic oxidation sites excluding steroid dienone is 3. The highest BCUT2D eigenvalue weighted by Crippen LogP contribution is 2.66. The van der Waals surface area contributed by atoms with Crippen LogP contribution in [-0.2, 0) is 5.41 Å². The minimum absolute atomic E-state index is 0.151.